The van der Waals surface area contributed by atoms with E-state index in [2.05, 4.69) is 15.3 Å². The summed E-state index contributed by atoms with van der Waals surface area (Å²) in [6, 6.07) is 5.70. The summed E-state index contributed by atoms with van der Waals surface area (Å²) < 4.78 is 28.5. The minimum Gasteiger partial charge on any atom is -0.508 e. The number of nitrogens with two attached hydrogens (primary N) is 1. The highest BCUT2D eigenvalue weighted by Gasteiger charge is 2.26. The van der Waals surface area contributed by atoms with E-state index in [-0.39, 0.29) is 28.7 Å². The molecule has 0 bridgehead atoms. The molecule has 1 aromatic heterocycles. The number of nitrogens with zero attached hydrogens (tertiary/aromatic N) is 2. The van der Waals surface area contributed by atoms with E-state index in [4.69, 9.17) is 5.73 Å². The van der Waals surface area contributed by atoms with Crippen LogP contribution in [-0.2, 0) is 0 Å². The van der Waals surface area contributed by atoms with Gasteiger partial charge in [0, 0.05) is 24.4 Å². The van der Waals surface area contributed by atoms with Crippen LogP contribution in [0.15, 0.2) is 46.6 Å². The van der Waals surface area contributed by atoms with Gasteiger partial charge < -0.3 is 16.2 Å². The molecule has 2 aliphatic rings. The summed E-state index contributed by atoms with van der Waals surface area (Å²) in [7, 11) is 0. The Balaban J connectivity index is 1.62. The first-order chi connectivity index (χ1) is 14.9. The number of pyridine rings is 1. The molecule has 2 aromatic rings. The number of carbonyl (C=O) groups is 1. The SMILES string of the molecule is NC1CCCC(C2=C(NC(=O)c3ccc(F)c(-c4cc(O)ccc4F)n3)C=NCC2)C1. The molecule has 2 heterocycles. The van der Waals surface area contributed by atoms with Crippen LogP contribution in [-0.4, -0.2) is 34.8 Å². The number of carbonyl (C=O) groups excluding carboxylic acids is 1. The third-order valence-electron chi connectivity index (χ3n) is 5.82. The topological polar surface area (TPSA) is 101 Å². The molecule has 2 atom stereocenters. The number of benzene rings is 1. The van der Waals surface area contributed by atoms with Crippen LogP contribution in [0.5, 0.6) is 5.75 Å². The van der Waals surface area contributed by atoms with Crippen molar-refractivity contribution in [2.24, 2.45) is 16.6 Å². The van der Waals surface area contributed by atoms with E-state index < -0.39 is 17.5 Å². The van der Waals surface area contributed by atoms with Gasteiger partial charge >= 0.3 is 0 Å². The zero-order chi connectivity index (χ0) is 22.0. The van der Waals surface area contributed by atoms with E-state index in [1.165, 1.54) is 6.07 Å². The summed E-state index contributed by atoms with van der Waals surface area (Å²) in [5.41, 5.74) is 7.27. The van der Waals surface area contributed by atoms with Crippen LogP contribution >= 0.6 is 0 Å². The molecule has 8 heteroatoms. The van der Waals surface area contributed by atoms with Crippen molar-refractivity contribution < 1.29 is 18.7 Å². The number of aromatic hydroxyl groups is 1. The van der Waals surface area contributed by atoms with Gasteiger partial charge in [0.1, 0.15) is 28.8 Å². The van der Waals surface area contributed by atoms with Crippen molar-refractivity contribution in [2.45, 2.75) is 38.1 Å². The molecular weight excluding hydrogens is 402 g/mol. The van der Waals surface area contributed by atoms with Crippen molar-refractivity contribution in [1.82, 2.24) is 10.3 Å². The van der Waals surface area contributed by atoms with Crippen molar-refractivity contribution >= 4 is 12.1 Å². The lowest BCUT2D eigenvalue weighted by Crippen LogP contribution is -2.33. The van der Waals surface area contributed by atoms with Crippen molar-refractivity contribution in [3.05, 3.63) is 58.9 Å². The van der Waals surface area contributed by atoms with Crippen LogP contribution in [0.3, 0.4) is 0 Å². The van der Waals surface area contributed by atoms with Crippen LogP contribution in [0.2, 0.25) is 0 Å². The Kier molecular flexibility index (Phi) is 6.08. The number of nitrogens with one attached hydrogen (secondary N) is 1. The summed E-state index contributed by atoms with van der Waals surface area (Å²) in [5.74, 6) is -2.02. The smallest absolute Gasteiger partial charge is 0.274 e. The average molecular weight is 426 g/mol. The van der Waals surface area contributed by atoms with Gasteiger partial charge in [-0.15, -0.1) is 0 Å². The highest BCUT2D eigenvalue weighted by atomic mass is 19.1. The highest BCUT2D eigenvalue weighted by molar-refractivity contribution is 5.98. The zero-order valence-electron chi connectivity index (χ0n) is 16.9. The molecule has 31 heavy (non-hydrogen) atoms. The molecule has 1 saturated carbocycles. The van der Waals surface area contributed by atoms with Gasteiger partial charge in [-0.1, -0.05) is 6.42 Å². The fourth-order valence-electron chi connectivity index (χ4n) is 4.28. The molecule has 0 saturated heterocycles. The maximum absolute atomic E-state index is 14.3. The maximum atomic E-state index is 14.3. The Bertz CT molecular complexity index is 1070. The number of rotatable bonds is 4. The number of phenolic OH excluding ortho intramolecular Hbond substituents is 1. The van der Waals surface area contributed by atoms with E-state index in [1.54, 1.807) is 6.21 Å². The van der Waals surface area contributed by atoms with Gasteiger partial charge in [-0.2, -0.15) is 0 Å². The third kappa shape index (κ3) is 4.64. The van der Waals surface area contributed by atoms with Gasteiger partial charge in [0.05, 0.1) is 5.70 Å². The summed E-state index contributed by atoms with van der Waals surface area (Å²) in [5, 5.41) is 12.5. The predicted octanol–water partition coefficient (Wildman–Crippen LogP) is 3.71. The van der Waals surface area contributed by atoms with Gasteiger partial charge in [-0.25, -0.2) is 13.8 Å². The van der Waals surface area contributed by atoms with E-state index in [0.29, 0.717) is 18.2 Å². The number of hydrogen-bond acceptors (Lipinski definition) is 5. The van der Waals surface area contributed by atoms with Gasteiger partial charge in [0.15, 0.2) is 0 Å². The molecule has 4 rings (SSSR count). The number of allylic oxidation sites excluding steroid dienone is 1. The fourth-order valence-corrected chi connectivity index (χ4v) is 4.28. The van der Waals surface area contributed by atoms with Gasteiger partial charge in [0.2, 0.25) is 0 Å². The minimum atomic E-state index is -0.795. The van der Waals surface area contributed by atoms with Crippen molar-refractivity contribution in [3.8, 4) is 17.0 Å². The second-order valence-corrected chi connectivity index (χ2v) is 7.99. The summed E-state index contributed by atoms with van der Waals surface area (Å²) in [6.45, 7) is 0.663. The molecule has 1 aliphatic heterocycles. The molecule has 1 aromatic carbocycles. The molecule has 0 radical (unpaired) electrons. The molecule has 1 aliphatic carbocycles. The normalized spacial score (nSPS) is 21.3. The molecule has 162 valence electrons. The molecule has 6 nitrogen and oxygen atoms in total. The lowest BCUT2D eigenvalue weighted by Gasteiger charge is -2.31. The first-order valence-electron chi connectivity index (χ1n) is 10.4. The van der Waals surface area contributed by atoms with Crippen LogP contribution in [0.25, 0.3) is 11.3 Å². The van der Waals surface area contributed by atoms with E-state index in [0.717, 1.165) is 61.9 Å². The first kappa shape index (κ1) is 21.1. The summed E-state index contributed by atoms with van der Waals surface area (Å²) in [4.78, 5) is 21.2. The number of aromatic nitrogens is 1. The number of halogens is 2. The third-order valence-corrected chi connectivity index (χ3v) is 5.82. The lowest BCUT2D eigenvalue weighted by atomic mass is 9.79. The summed E-state index contributed by atoms with van der Waals surface area (Å²) in [6.07, 6.45) is 6.35. The quantitative estimate of drug-likeness (QED) is 0.694. The van der Waals surface area contributed by atoms with E-state index >= 15 is 0 Å². The fraction of sp³-hybridized carbons (Fsp3) is 0.348. The van der Waals surface area contributed by atoms with Crippen molar-refractivity contribution in [3.63, 3.8) is 0 Å². The highest BCUT2D eigenvalue weighted by Crippen LogP contribution is 2.33. The molecule has 1 amide bonds. The Morgan fingerprint density at radius 2 is 1.97 bits per heavy atom. The predicted molar refractivity (Wildman–Crippen MR) is 114 cm³/mol. The van der Waals surface area contributed by atoms with Crippen LogP contribution < -0.4 is 11.1 Å². The Labute approximate surface area is 178 Å². The van der Waals surface area contributed by atoms with Crippen LogP contribution in [0, 0.1) is 17.6 Å². The summed E-state index contributed by atoms with van der Waals surface area (Å²) >= 11 is 0. The molecule has 0 spiro atoms. The average Bonchev–Trinajstić information content (AvgIpc) is 2.76. The number of aliphatic imine (C=N–C) groups is 1. The molecule has 2 unspecified atom stereocenters. The first-order valence-corrected chi connectivity index (χ1v) is 10.4. The Hall–Kier alpha value is -3.13. The standard InChI is InChI=1S/C23H24F2N4O2/c24-18-5-4-15(30)11-17(18)22-19(25)6-7-20(28-22)23(31)29-21-12-27-9-8-16(21)13-2-1-3-14(26)10-13/h4-7,11-14,30H,1-3,8-10,26H2,(H,29,31). The molecular formula is C23H24F2N4O2. The maximum Gasteiger partial charge on any atom is 0.274 e. The van der Waals surface area contributed by atoms with Crippen LogP contribution in [0.4, 0.5) is 8.78 Å². The second-order valence-electron chi connectivity index (χ2n) is 7.99. The number of amides is 1. The molecule has 4 N–H and O–H groups in total. The second kappa shape index (κ2) is 8.93. The largest absolute Gasteiger partial charge is 0.508 e. The van der Waals surface area contributed by atoms with E-state index in [1.807, 2.05) is 0 Å². The monoisotopic (exact) mass is 426 g/mol. The van der Waals surface area contributed by atoms with Gasteiger partial charge in [-0.3, -0.25) is 9.79 Å². The Morgan fingerprint density at radius 1 is 1.16 bits per heavy atom. The minimum absolute atomic E-state index is 0.0645. The number of hydrogen-bond donors (Lipinski definition) is 3. The lowest BCUT2D eigenvalue weighted by molar-refractivity contribution is 0.0962. The van der Waals surface area contributed by atoms with Crippen molar-refractivity contribution in [2.75, 3.05) is 6.54 Å². The van der Waals surface area contributed by atoms with Gasteiger partial charge in [-0.05, 0) is 67.5 Å². The van der Waals surface area contributed by atoms with Crippen LogP contribution in [0.1, 0.15) is 42.6 Å². The Morgan fingerprint density at radius 3 is 2.77 bits per heavy atom. The number of dihydropyridines is 1. The van der Waals surface area contributed by atoms with Gasteiger partial charge in [0.25, 0.3) is 5.91 Å². The molecule has 1 fully saturated rings. The number of phenols is 1. The van der Waals surface area contributed by atoms with Crippen molar-refractivity contribution in [1.29, 1.82) is 0 Å². The van der Waals surface area contributed by atoms with E-state index in [9.17, 15) is 18.7 Å². The zero-order valence-corrected chi connectivity index (χ0v) is 16.9.